The van der Waals surface area contributed by atoms with Crippen molar-refractivity contribution in [1.82, 2.24) is 9.55 Å². The van der Waals surface area contributed by atoms with Gasteiger partial charge in [-0.2, -0.15) is 0 Å². The lowest BCUT2D eigenvalue weighted by atomic mass is 10.2. The third-order valence-corrected chi connectivity index (χ3v) is 2.54. The normalized spacial score (nSPS) is 11.1. The van der Waals surface area contributed by atoms with Crippen molar-refractivity contribution in [2.75, 3.05) is 25.0 Å². The van der Waals surface area contributed by atoms with Crippen LogP contribution in [0.4, 0.5) is 5.95 Å². The van der Waals surface area contributed by atoms with Crippen LogP contribution in [-0.4, -0.2) is 29.7 Å². The molecule has 16 heavy (non-hydrogen) atoms. The molecule has 92 valence electrons. The van der Waals surface area contributed by atoms with E-state index >= 15 is 0 Å². The molecule has 0 aromatic carbocycles. The van der Waals surface area contributed by atoms with E-state index in [1.54, 1.807) is 0 Å². The average molecular weight is 224 g/mol. The van der Waals surface area contributed by atoms with Crippen LogP contribution in [0.3, 0.4) is 0 Å². The SMILES string of the molecule is CCc1cn(CC(C)C)c(N(C)CCN)n1. The molecule has 0 fully saturated rings. The number of nitrogens with zero attached hydrogens (tertiary/aromatic N) is 3. The molecule has 1 aromatic heterocycles. The molecule has 2 N–H and O–H groups in total. The zero-order chi connectivity index (χ0) is 12.1. The van der Waals surface area contributed by atoms with E-state index in [0.29, 0.717) is 12.5 Å². The summed E-state index contributed by atoms with van der Waals surface area (Å²) in [5.74, 6) is 1.67. The average Bonchev–Trinajstić information content (AvgIpc) is 2.60. The first kappa shape index (κ1) is 13.0. The second-order valence-corrected chi connectivity index (χ2v) is 4.64. The van der Waals surface area contributed by atoms with E-state index in [2.05, 4.69) is 41.4 Å². The van der Waals surface area contributed by atoms with Gasteiger partial charge in [0.15, 0.2) is 0 Å². The molecule has 0 saturated carbocycles. The zero-order valence-electron chi connectivity index (χ0n) is 10.9. The van der Waals surface area contributed by atoms with Crippen LogP contribution < -0.4 is 10.6 Å². The fourth-order valence-electron chi connectivity index (χ4n) is 1.76. The summed E-state index contributed by atoms with van der Waals surface area (Å²) in [6, 6.07) is 0. The lowest BCUT2D eigenvalue weighted by Crippen LogP contribution is -2.28. The molecular formula is C12H24N4. The Morgan fingerprint density at radius 3 is 2.69 bits per heavy atom. The van der Waals surface area contributed by atoms with Crippen molar-refractivity contribution >= 4 is 5.95 Å². The van der Waals surface area contributed by atoms with Crippen molar-refractivity contribution in [3.8, 4) is 0 Å². The van der Waals surface area contributed by atoms with Gasteiger partial charge in [-0.15, -0.1) is 0 Å². The molecule has 4 nitrogen and oxygen atoms in total. The number of nitrogens with two attached hydrogens (primary N) is 1. The predicted molar refractivity (Wildman–Crippen MR) is 68.8 cm³/mol. The molecule has 0 bridgehead atoms. The molecule has 0 saturated heterocycles. The summed E-state index contributed by atoms with van der Waals surface area (Å²) in [4.78, 5) is 6.76. The van der Waals surface area contributed by atoms with Crippen LogP contribution in [0.5, 0.6) is 0 Å². The lowest BCUT2D eigenvalue weighted by molar-refractivity contribution is 0.520. The molecule has 1 aromatic rings. The van der Waals surface area contributed by atoms with E-state index in [4.69, 9.17) is 5.73 Å². The third-order valence-electron chi connectivity index (χ3n) is 2.54. The van der Waals surface area contributed by atoms with Gasteiger partial charge in [0.05, 0.1) is 5.69 Å². The number of aryl methyl sites for hydroxylation is 1. The molecule has 0 spiro atoms. The summed E-state index contributed by atoms with van der Waals surface area (Å²) in [5.41, 5.74) is 6.73. The van der Waals surface area contributed by atoms with Crippen LogP contribution in [0.2, 0.25) is 0 Å². The Bertz CT molecular complexity index is 317. The van der Waals surface area contributed by atoms with Gasteiger partial charge >= 0.3 is 0 Å². The molecule has 0 amide bonds. The monoisotopic (exact) mass is 224 g/mol. The molecular weight excluding hydrogens is 200 g/mol. The van der Waals surface area contributed by atoms with Crippen LogP contribution in [0.15, 0.2) is 6.20 Å². The van der Waals surface area contributed by atoms with Crippen LogP contribution in [0.1, 0.15) is 26.5 Å². The maximum atomic E-state index is 5.58. The van der Waals surface area contributed by atoms with Gasteiger partial charge in [-0.05, 0) is 12.3 Å². The minimum Gasteiger partial charge on any atom is -0.344 e. The highest BCUT2D eigenvalue weighted by atomic mass is 15.3. The van der Waals surface area contributed by atoms with Crippen molar-refractivity contribution < 1.29 is 0 Å². The van der Waals surface area contributed by atoms with Gasteiger partial charge in [0.1, 0.15) is 0 Å². The van der Waals surface area contributed by atoms with Crippen molar-refractivity contribution in [2.45, 2.75) is 33.7 Å². The van der Waals surface area contributed by atoms with Gasteiger partial charge in [-0.25, -0.2) is 4.98 Å². The Kier molecular flexibility index (Phi) is 4.80. The summed E-state index contributed by atoms with van der Waals surface area (Å²) in [7, 11) is 2.05. The summed E-state index contributed by atoms with van der Waals surface area (Å²) in [5, 5.41) is 0. The van der Waals surface area contributed by atoms with Crippen molar-refractivity contribution in [2.24, 2.45) is 11.7 Å². The number of likely N-dealkylation sites (N-methyl/N-ethyl adjacent to an activating group) is 1. The number of hydrogen-bond acceptors (Lipinski definition) is 3. The van der Waals surface area contributed by atoms with Crippen molar-refractivity contribution in [1.29, 1.82) is 0 Å². The molecule has 0 aliphatic heterocycles. The quantitative estimate of drug-likeness (QED) is 0.796. The van der Waals surface area contributed by atoms with Crippen LogP contribution in [-0.2, 0) is 13.0 Å². The Morgan fingerprint density at radius 1 is 1.50 bits per heavy atom. The summed E-state index contributed by atoms with van der Waals surface area (Å²) in [6.07, 6.45) is 3.14. The van der Waals surface area contributed by atoms with E-state index in [1.807, 2.05) is 7.05 Å². The summed E-state index contributed by atoms with van der Waals surface area (Å²) >= 11 is 0. The van der Waals surface area contributed by atoms with Gasteiger partial charge < -0.3 is 15.2 Å². The highest BCUT2D eigenvalue weighted by molar-refractivity contribution is 5.32. The van der Waals surface area contributed by atoms with E-state index in [-0.39, 0.29) is 0 Å². The van der Waals surface area contributed by atoms with E-state index in [1.165, 1.54) is 0 Å². The third kappa shape index (κ3) is 3.23. The minimum absolute atomic E-state index is 0.629. The maximum Gasteiger partial charge on any atom is 0.205 e. The van der Waals surface area contributed by atoms with Crippen molar-refractivity contribution in [3.63, 3.8) is 0 Å². The zero-order valence-corrected chi connectivity index (χ0v) is 10.9. The topological polar surface area (TPSA) is 47.1 Å². The lowest BCUT2D eigenvalue weighted by Gasteiger charge is -2.19. The van der Waals surface area contributed by atoms with Crippen LogP contribution in [0.25, 0.3) is 0 Å². The largest absolute Gasteiger partial charge is 0.344 e. The molecule has 0 radical (unpaired) electrons. The van der Waals surface area contributed by atoms with Crippen LogP contribution >= 0.6 is 0 Å². The van der Waals surface area contributed by atoms with E-state index in [0.717, 1.165) is 31.2 Å². The first-order chi connectivity index (χ1) is 7.58. The molecule has 4 heteroatoms. The van der Waals surface area contributed by atoms with E-state index in [9.17, 15) is 0 Å². The second kappa shape index (κ2) is 5.89. The van der Waals surface area contributed by atoms with Gasteiger partial charge in [0.2, 0.25) is 5.95 Å². The fraction of sp³-hybridized carbons (Fsp3) is 0.750. The highest BCUT2D eigenvalue weighted by Crippen LogP contribution is 2.15. The number of hydrogen-bond donors (Lipinski definition) is 1. The number of anilines is 1. The Labute approximate surface area is 98.5 Å². The first-order valence-electron chi connectivity index (χ1n) is 6.05. The Balaban J connectivity index is 2.90. The maximum absolute atomic E-state index is 5.58. The molecule has 0 aliphatic carbocycles. The van der Waals surface area contributed by atoms with Gasteiger partial charge in [0, 0.05) is 32.9 Å². The summed E-state index contributed by atoms with van der Waals surface area (Å²) < 4.78 is 2.24. The standard InChI is InChI=1S/C12H24N4/c1-5-11-9-16(8-10(2)3)12(14-11)15(4)7-6-13/h9-10H,5-8,13H2,1-4H3. The molecule has 1 heterocycles. The van der Waals surface area contributed by atoms with Gasteiger partial charge in [-0.1, -0.05) is 20.8 Å². The highest BCUT2D eigenvalue weighted by Gasteiger charge is 2.11. The molecule has 0 aliphatic rings. The predicted octanol–water partition coefficient (Wildman–Crippen LogP) is 1.50. The van der Waals surface area contributed by atoms with Crippen molar-refractivity contribution in [3.05, 3.63) is 11.9 Å². The van der Waals surface area contributed by atoms with Gasteiger partial charge in [0.25, 0.3) is 0 Å². The van der Waals surface area contributed by atoms with E-state index < -0.39 is 0 Å². The number of aromatic nitrogens is 2. The molecule has 1 rings (SSSR count). The number of rotatable bonds is 6. The summed E-state index contributed by atoms with van der Waals surface area (Å²) in [6.45, 7) is 9.09. The van der Waals surface area contributed by atoms with Gasteiger partial charge in [-0.3, -0.25) is 0 Å². The Hall–Kier alpha value is -1.03. The first-order valence-corrected chi connectivity index (χ1v) is 6.05. The minimum atomic E-state index is 0.629. The second-order valence-electron chi connectivity index (χ2n) is 4.64. The smallest absolute Gasteiger partial charge is 0.205 e. The molecule has 0 unspecified atom stereocenters. The Morgan fingerprint density at radius 2 is 2.19 bits per heavy atom. The fourth-order valence-corrected chi connectivity index (χ4v) is 1.76. The molecule has 0 atom stereocenters. The van der Waals surface area contributed by atoms with Crippen LogP contribution in [0, 0.1) is 5.92 Å². The number of imidazole rings is 1.